The van der Waals surface area contributed by atoms with E-state index < -0.39 is 0 Å². The molecule has 0 heterocycles. The van der Waals surface area contributed by atoms with Gasteiger partial charge in [0.2, 0.25) is 0 Å². The summed E-state index contributed by atoms with van der Waals surface area (Å²) in [6.07, 6.45) is 0.815. The molecule has 5 heteroatoms. The largest absolute Gasteiger partial charge is 0.494 e. The van der Waals surface area contributed by atoms with Crippen LogP contribution in [0.4, 0.5) is 10.1 Å². The Labute approximate surface area is 131 Å². The van der Waals surface area contributed by atoms with Gasteiger partial charge in [-0.2, -0.15) is 0 Å². The highest BCUT2D eigenvalue weighted by Crippen LogP contribution is 2.31. The van der Waals surface area contributed by atoms with E-state index in [9.17, 15) is 4.39 Å². The maximum atomic E-state index is 13.1. The minimum absolute atomic E-state index is 0.361. The van der Waals surface area contributed by atoms with Crippen LogP contribution < -0.4 is 10.1 Å². The number of halogens is 3. The summed E-state index contributed by atoms with van der Waals surface area (Å²) in [5, 5.41) is 3.53. The second kappa shape index (κ2) is 7.50. The summed E-state index contributed by atoms with van der Waals surface area (Å²) in [6, 6.07) is 12.3. The number of benzene rings is 2. The van der Waals surface area contributed by atoms with Crippen LogP contribution in [0, 0.1) is 5.82 Å². The molecule has 0 spiro atoms. The molecule has 0 radical (unpaired) electrons. The van der Waals surface area contributed by atoms with Gasteiger partial charge in [0, 0.05) is 11.0 Å². The molecule has 2 aromatic carbocycles. The second-order valence-electron chi connectivity index (χ2n) is 4.19. The van der Waals surface area contributed by atoms with Gasteiger partial charge in [0.25, 0.3) is 0 Å². The molecule has 20 heavy (non-hydrogen) atoms. The lowest BCUT2D eigenvalue weighted by Gasteiger charge is -2.11. The van der Waals surface area contributed by atoms with Gasteiger partial charge in [-0.3, -0.25) is 0 Å². The lowest BCUT2D eigenvalue weighted by Crippen LogP contribution is -2.08. The third-order valence-corrected chi connectivity index (χ3v) is 3.57. The zero-order chi connectivity index (χ0) is 14.4. The first kappa shape index (κ1) is 15.1. The average Bonchev–Trinajstić information content (AvgIpc) is 2.42. The van der Waals surface area contributed by atoms with Gasteiger partial charge in [-0.15, -0.1) is 0 Å². The van der Waals surface area contributed by atoms with Crippen molar-refractivity contribution in [2.24, 2.45) is 0 Å². The fourth-order valence-electron chi connectivity index (χ4n) is 1.70. The van der Waals surface area contributed by atoms with Crippen molar-refractivity contribution in [2.45, 2.75) is 6.42 Å². The SMILES string of the molecule is Fc1cc(Cl)c(NCCCOc2ccccc2)c(Br)c1. The van der Waals surface area contributed by atoms with Gasteiger partial charge in [-0.25, -0.2) is 4.39 Å². The number of para-hydroxylation sites is 1. The number of nitrogens with one attached hydrogen (secondary N) is 1. The Bertz CT molecular complexity index is 542. The normalized spacial score (nSPS) is 10.3. The molecule has 1 N–H and O–H groups in total. The van der Waals surface area contributed by atoms with Crippen LogP contribution in [0.15, 0.2) is 46.9 Å². The van der Waals surface area contributed by atoms with Crippen molar-refractivity contribution in [1.29, 1.82) is 0 Å². The molecule has 0 bridgehead atoms. The van der Waals surface area contributed by atoms with Crippen molar-refractivity contribution < 1.29 is 9.13 Å². The zero-order valence-corrected chi connectivity index (χ0v) is 13.0. The van der Waals surface area contributed by atoms with Gasteiger partial charge in [-0.1, -0.05) is 29.8 Å². The average molecular weight is 359 g/mol. The highest BCUT2D eigenvalue weighted by Gasteiger charge is 2.07. The van der Waals surface area contributed by atoms with E-state index in [1.807, 2.05) is 30.3 Å². The van der Waals surface area contributed by atoms with Crippen LogP contribution in [0.25, 0.3) is 0 Å². The summed E-state index contributed by atoms with van der Waals surface area (Å²) in [5.74, 6) is 0.494. The summed E-state index contributed by atoms with van der Waals surface area (Å²) in [4.78, 5) is 0. The van der Waals surface area contributed by atoms with E-state index in [1.54, 1.807) is 0 Å². The number of hydrogen-bond donors (Lipinski definition) is 1. The maximum Gasteiger partial charge on any atom is 0.125 e. The van der Waals surface area contributed by atoms with Crippen LogP contribution in [-0.4, -0.2) is 13.2 Å². The highest BCUT2D eigenvalue weighted by atomic mass is 79.9. The van der Waals surface area contributed by atoms with E-state index in [-0.39, 0.29) is 5.82 Å². The smallest absolute Gasteiger partial charge is 0.125 e. The monoisotopic (exact) mass is 357 g/mol. The van der Waals surface area contributed by atoms with E-state index >= 15 is 0 Å². The van der Waals surface area contributed by atoms with Crippen LogP contribution in [0.2, 0.25) is 5.02 Å². The number of anilines is 1. The molecule has 0 unspecified atom stereocenters. The molecular weight excluding hydrogens is 345 g/mol. The lowest BCUT2D eigenvalue weighted by molar-refractivity contribution is 0.315. The Morgan fingerprint density at radius 3 is 2.65 bits per heavy atom. The van der Waals surface area contributed by atoms with Gasteiger partial charge < -0.3 is 10.1 Å². The first-order chi connectivity index (χ1) is 9.66. The van der Waals surface area contributed by atoms with E-state index in [4.69, 9.17) is 16.3 Å². The molecule has 2 aromatic rings. The van der Waals surface area contributed by atoms with Crippen LogP contribution >= 0.6 is 27.5 Å². The Morgan fingerprint density at radius 1 is 1.20 bits per heavy atom. The quantitative estimate of drug-likeness (QED) is 0.723. The third kappa shape index (κ3) is 4.39. The molecular formula is C15H14BrClFNO. The van der Waals surface area contributed by atoms with Crippen molar-refractivity contribution in [3.63, 3.8) is 0 Å². The topological polar surface area (TPSA) is 21.3 Å². The number of ether oxygens (including phenoxy) is 1. The van der Waals surface area contributed by atoms with E-state index in [0.29, 0.717) is 28.3 Å². The van der Waals surface area contributed by atoms with Crippen LogP contribution in [-0.2, 0) is 0 Å². The number of rotatable bonds is 6. The maximum absolute atomic E-state index is 13.1. The minimum atomic E-state index is -0.361. The second-order valence-corrected chi connectivity index (χ2v) is 5.45. The molecule has 0 aromatic heterocycles. The third-order valence-electron chi connectivity index (χ3n) is 2.64. The predicted molar refractivity (Wildman–Crippen MR) is 84.2 cm³/mol. The van der Waals surface area contributed by atoms with E-state index in [0.717, 1.165) is 12.2 Å². The molecule has 0 aliphatic heterocycles. The summed E-state index contributed by atoms with van der Waals surface area (Å²) in [7, 11) is 0. The highest BCUT2D eigenvalue weighted by molar-refractivity contribution is 9.10. The first-order valence-electron chi connectivity index (χ1n) is 6.23. The van der Waals surface area contributed by atoms with Gasteiger partial charge in [-0.05, 0) is 46.6 Å². The molecule has 0 aliphatic carbocycles. The van der Waals surface area contributed by atoms with Crippen molar-refractivity contribution in [2.75, 3.05) is 18.5 Å². The summed E-state index contributed by atoms with van der Waals surface area (Å²) >= 11 is 9.27. The fourth-order valence-corrected chi connectivity index (χ4v) is 2.66. The molecule has 0 fully saturated rings. The predicted octanol–water partition coefficient (Wildman–Crippen LogP) is 5.12. The summed E-state index contributed by atoms with van der Waals surface area (Å²) in [6.45, 7) is 1.30. The van der Waals surface area contributed by atoms with Gasteiger partial charge in [0.1, 0.15) is 11.6 Å². The molecule has 106 valence electrons. The Morgan fingerprint density at radius 2 is 1.95 bits per heavy atom. The molecule has 2 rings (SSSR count). The molecule has 0 aliphatic rings. The number of hydrogen-bond acceptors (Lipinski definition) is 2. The molecule has 0 saturated carbocycles. The lowest BCUT2D eigenvalue weighted by atomic mass is 10.3. The summed E-state index contributed by atoms with van der Waals surface area (Å²) < 4.78 is 19.3. The van der Waals surface area contributed by atoms with Gasteiger partial charge in [0.05, 0.1) is 17.3 Å². The van der Waals surface area contributed by atoms with Gasteiger partial charge >= 0.3 is 0 Å². The van der Waals surface area contributed by atoms with Crippen molar-refractivity contribution >= 4 is 33.2 Å². The van der Waals surface area contributed by atoms with Crippen molar-refractivity contribution in [3.05, 3.63) is 57.8 Å². The summed E-state index contributed by atoms with van der Waals surface area (Å²) in [5.41, 5.74) is 0.702. The van der Waals surface area contributed by atoms with Crippen molar-refractivity contribution in [1.82, 2.24) is 0 Å². The van der Waals surface area contributed by atoms with Crippen LogP contribution in [0.3, 0.4) is 0 Å². The molecule has 0 saturated heterocycles. The molecule has 0 atom stereocenters. The Hall–Kier alpha value is -1.26. The standard InChI is InChI=1S/C15H14BrClFNO/c16-13-9-11(18)10-14(17)15(13)19-7-4-8-20-12-5-2-1-3-6-12/h1-3,5-6,9-10,19H,4,7-8H2. The molecule has 0 amide bonds. The first-order valence-corrected chi connectivity index (χ1v) is 7.40. The Kier molecular flexibility index (Phi) is 5.68. The fraction of sp³-hybridized carbons (Fsp3) is 0.200. The molecule has 2 nitrogen and oxygen atoms in total. The van der Waals surface area contributed by atoms with E-state index in [2.05, 4.69) is 21.2 Å². The Balaban J connectivity index is 1.76. The minimum Gasteiger partial charge on any atom is -0.494 e. The van der Waals surface area contributed by atoms with Gasteiger partial charge in [0.15, 0.2) is 0 Å². The zero-order valence-electron chi connectivity index (χ0n) is 10.7. The van der Waals surface area contributed by atoms with Crippen molar-refractivity contribution in [3.8, 4) is 5.75 Å². The van der Waals surface area contributed by atoms with Crippen LogP contribution in [0.5, 0.6) is 5.75 Å². The van der Waals surface area contributed by atoms with E-state index in [1.165, 1.54) is 12.1 Å². The van der Waals surface area contributed by atoms with Crippen LogP contribution in [0.1, 0.15) is 6.42 Å².